The average molecular weight is 325 g/mol. The van der Waals surface area contributed by atoms with Gasteiger partial charge in [-0.2, -0.15) is 0 Å². The van der Waals surface area contributed by atoms with Crippen LogP contribution in [0.25, 0.3) is 0 Å². The first kappa shape index (κ1) is 15.8. The van der Waals surface area contributed by atoms with Crippen molar-refractivity contribution in [1.82, 2.24) is 4.72 Å². The first-order chi connectivity index (χ1) is 9.88. The molecule has 0 fully saturated rings. The predicted molar refractivity (Wildman–Crippen MR) is 85.9 cm³/mol. The van der Waals surface area contributed by atoms with Crippen LogP contribution in [0.3, 0.4) is 0 Å². The minimum absolute atomic E-state index is 0.110. The van der Waals surface area contributed by atoms with E-state index in [9.17, 15) is 8.42 Å². The van der Waals surface area contributed by atoms with Crippen LogP contribution < -0.4 is 10.5 Å². The monoisotopic (exact) mass is 324 g/mol. The molecule has 0 aromatic heterocycles. The zero-order valence-electron chi connectivity index (χ0n) is 11.6. The van der Waals surface area contributed by atoms with E-state index >= 15 is 0 Å². The van der Waals surface area contributed by atoms with Crippen LogP contribution in [0.5, 0.6) is 0 Å². The minimum atomic E-state index is -3.60. The van der Waals surface area contributed by atoms with E-state index in [2.05, 4.69) is 4.72 Å². The molecule has 112 valence electrons. The molecular formula is C15H17ClN2O2S. The number of benzene rings is 2. The van der Waals surface area contributed by atoms with E-state index in [0.717, 1.165) is 11.1 Å². The number of anilines is 1. The predicted octanol–water partition coefficient (Wildman–Crippen LogP) is 2.75. The van der Waals surface area contributed by atoms with Crippen molar-refractivity contribution in [3.8, 4) is 0 Å². The molecule has 0 spiro atoms. The molecule has 6 heteroatoms. The topological polar surface area (TPSA) is 72.2 Å². The molecule has 0 aliphatic heterocycles. The summed E-state index contributed by atoms with van der Waals surface area (Å²) in [4.78, 5) is 0.110. The Kier molecular flexibility index (Phi) is 4.88. The van der Waals surface area contributed by atoms with E-state index in [1.807, 2.05) is 25.1 Å². The SMILES string of the molecule is Cc1ccc(S(=O)(=O)NCCc2cccc(Cl)c2)c(N)c1. The zero-order valence-corrected chi connectivity index (χ0v) is 13.2. The first-order valence-electron chi connectivity index (χ1n) is 6.49. The number of hydrogen-bond acceptors (Lipinski definition) is 3. The van der Waals surface area contributed by atoms with Gasteiger partial charge in [-0.05, 0) is 48.7 Å². The van der Waals surface area contributed by atoms with Gasteiger partial charge in [-0.1, -0.05) is 29.8 Å². The highest BCUT2D eigenvalue weighted by atomic mass is 35.5. The fourth-order valence-electron chi connectivity index (χ4n) is 2.01. The van der Waals surface area contributed by atoms with Gasteiger partial charge in [0, 0.05) is 11.6 Å². The quantitative estimate of drug-likeness (QED) is 0.831. The van der Waals surface area contributed by atoms with Crippen LogP contribution in [0.2, 0.25) is 5.02 Å². The van der Waals surface area contributed by atoms with Gasteiger partial charge in [-0.25, -0.2) is 13.1 Å². The lowest BCUT2D eigenvalue weighted by Gasteiger charge is -2.10. The minimum Gasteiger partial charge on any atom is -0.398 e. The number of aryl methyl sites for hydroxylation is 1. The summed E-state index contributed by atoms with van der Waals surface area (Å²) in [5.74, 6) is 0. The molecule has 21 heavy (non-hydrogen) atoms. The number of hydrogen-bond donors (Lipinski definition) is 2. The standard InChI is InChI=1S/C15H17ClN2O2S/c1-11-5-6-15(14(17)9-11)21(19,20)18-8-7-12-3-2-4-13(16)10-12/h2-6,9-10,18H,7-8,17H2,1H3. The third-order valence-electron chi connectivity index (χ3n) is 3.05. The summed E-state index contributed by atoms with van der Waals surface area (Å²) in [6.45, 7) is 2.15. The van der Waals surface area contributed by atoms with Gasteiger partial charge in [0.2, 0.25) is 10.0 Å². The molecule has 0 amide bonds. The van der Waals surface area contributed by atoms with E-state index in [0.29, 0.717) is 11.4 Å². The summed E-state index contributed by atoms with van der Waals surface area (Å²) in [5, 5.41) is 0.637. The van der Waals surface area contributed by atoms with Crippen molar-refractivity contribution in [2.75, 3.05) is 12.3 Å². The molecule has 0 unspecified atom stereocenters. The molecule has 2 rings (SSSR count). The lowest BCUT2D eigenvalue weighted by Crippen LogP contribution is -2.26. The van der Waals surface area contributed by atoms with Gasteiger partial charge >= 0.3 is 0 Å². The van der Waals surface area contributed by atoms with Gasteiger partial charge in [0.15, 0.2) is 0 Å². The Morgan fingerprint density at radius 1 is 1.19 bits per heavy atom. The van der Waals surface area contributed by atoms with Gasteiger partial charge in [-0.15, -0.1) is 0 Å². The maximum Gasteiger partial charge on any atom is 0.242 e. The van der Waals surface area contributed by atoms with Gasteiger partial charge in [0.1, 0.15) is 4.90 Å². The van der Waals surface area contributed by atoms with Crippen LogP contribution in [0.15, 0.2) is 47.4 Å². The van der Waals surface area contributed by atoms with E-state index in [-0.39, 0.29) is 17.1 Å². The number of nitrogens with one attached hydrogen (secondary N) is 1. The summed E-state index contributed by atoms with van der Waals surface area (Å²) < 4.78 is 27.0. The number of nitrogens with two attached hydrogens (primary N) is 1. The molecular weight excluding hydrogens is 308 g/mol. The van der Waals surface area contributed by atoms with Crippen molar-refractivity contribution < 1.29 is 8.42 Å². The highest BCUT2D eigenvalue weighted by molar-refractivity contribution is 7.89. The summed E-state index contributed by atoms with van der Waals surface area (Å²) in [7, 11) is -3.60. The van der Waals surface area contributed by atoms with Crippen molar-refractivity contribution >= 4 is 27.3 Å². The van der Waals surface area contributed by atoms with Crippen molar-refractivity contribution in [1.29, 1.82) is 0 Å². The number of rotatable bonds is 5. The summed E-state index contributed by atoms with van der Waals surface area (Å²) in [5.41, 5.74) is 7.92. The molecule has 0 aliphatic rings. The molecule has 0 saturated carbocycles. The van der Waals surface area contributed by atoms with Gasteiger partial charge < -0.3 is 5.73 Å². The van der Waals surface area contributed by atoms with Crippen LogP contribution in [0.1, 0.15) is 11.1 Å². The van der Waals surface area contributed by atoms with Crippen LogP contribution in [-0.4, -0.2) is 15.0 Å². The average Bonchev–Trinajstić information content (AvgIpc) is 2.38. The molecule has 3 N–H and O–H groups in total. The first-order valence-corrected chi connectivity index (χ1v) is 8.35. The normalized spacial score (nSPS) is 11.5. The molecule has 0 atom stereocenters. The Morgan fingerprint density at radius 3 is 2.62 bits per heavy atom. The molecule has 0 saturated heterocycles. The number of halogens is 1. The Hall–Kier alpha value is -1.56. The van der Waals surface area contributed by atoms with Crippen LogP contribution in [0, 0.1) is 6.92 Å². The highest BCUT2D eigenvalue weighted by Crippen LogP contribution is 2.19. The van der Waals surface area contributed by atoms with Crippen molar-refractivity contribution in [2.24, 2.45) is 0 Å². The Morgan fingerprint density at radius 2 is 1.95 bits per heavy atom. The van der Waals surface area contributed by atoms with Crippen molar-refractivity contribution in [3.63, 3.8) is 0 Å². The van der Waals surface area contributed by atoms with Gasteiger partial charge in [-0.3, -0.25) is 0 Å². The smallest absolute Gasteiger partial charge is 0.242 e. The van der Waals surface area contributed by atoms with Crippen molar-refractivity contribution in [2.45, 2.75) is 18.2 Å². The highest BCUT2D eigenvalue weighted by Gasteiger charge is 2.16. The molecule has 2 aromatic carbocycles. The van der Waals surface area contributed by atoms with Gasteiger partial charge in [0.25, 0.3) is 0 Å². The maximum absolute atomic E-state index is 12.2. The third kappa shape index (κ3) is 4.20. The van der Waals surface area contributed by atoms with E-state index in [4.69, 9.17) is 17.3 Å². The number of sulfonamides is 1. The van der Waals surface area contributed by atoms with Crippen LogP contribution >= 0.6 is 11.6 Å². The Balaban J connectivity index is 2.05. The van der Waals surface area contributed by atoms with Gasteiger partial charge in [0.05, 0.1) is 5.69 Å². The fraction of sp³-hybridized carbons (Fsp3) is 0.200. The lowest BCUT2D eigenvalue weighted by atomic mass is 10.2. The molecule has 0 heterocycles. The van der Waals surface area contributed by atoms with E-state index in [1.165, 1.54) is 6.07 Å². The molecule has 0 bridgehead atoms. The zero-order chi connectivity index (χ0) is 15.5. The largest absolute Gasteiger partial charge is 0.398 e. The molecule has 2 aromatic rings. The second-order valence-corrected chi connectivity index (χ2v) is 6.99. The summed E-state index contributed by atoms with van der Waals surface area (Å²) >= 11 is 5.89. The second kappa shape index (κ2) is 6.47. The van der Waals surface area contributed by atoms with E-state index < -0.39 is 10.0 Å². The fourth-order valence-corrected chi connectivity index (χ4v) is 3.37. The van der Waals surface area contributed by atoms with Crippen molar-refractivity contribution in [3.05, 3.63) is 58.6 Å². The maximum atomic E-state index is 12.2. The summed E-state index contributed by atoms with van der Waals surface area (Å²) in [6, 6.07) is 12.2. The number of nitrogen functional groups attached to an aromatic ring is 1. The summed E-state index contributed by atoms with van der Waals surface area (Å²) in [6.07, 6.45) is 0.561. The second-order valence-electron chi connectivity index (χ2n) is 4.82. The van der Waals surface area contributed by atoms with Crippen LogP contribution in [0.4, 0.5) is 5.69 Å². The molecule has 0 radical (unpaired) electrons. The third-order valence-corrected chi connectivity index (χ3v) is 4.82. The lowest BCUT2D eigenvalue weighted by molar-refractivity contribution is 0.582. The van der Waals surface area contributed by atoms with Crippen LogP contribution in [-0.2, 0) is 16.4 Å². The Bertz CT molecular complexity index is 745. The molecule has 4 nitrogen and oxygen atoms in total. The van der Waals surface area contributed by atoms with E-state index in [1.54, 1.807) is 18.2 Å². The molecule has 0 aliphatic carbocycles. The Labute approximate surface area is 130 Å².